The number of carbonyl (C=O) groups is 2. The van der Waals surface area contributed by atoms with Crippen LogP contribution in [0.4, 0.5) is 5.69 Å². The molecule has 7 heteroatoms. The lowest BCUT2D eigenvalue weighted by Gasteiger charge is -2.35. The zero-order valence-electron chi connectivity index (χ0n) is 17.3. The van der Waals surface area contributed by atoms with Crippen molar-refractivity contribution >= 4 is 17.5 Å². The maximum atomic E-state index is 12.7. The number of fused-ring (bicyclic) bond motifs is 1. The highest BCUT2D eigenvalue weighted by Crippen LogP contribution is 2.31. The maximum Gasteiger partial charge on any atom is 0.265 e. The summed E-state index contributed by atoms with van der Waals surface area (Å²) >= 11 is 0. The van der Waals surface area contributed by atoms with Gasteiger partial charge in [0.15, 0.2) is 6.61 Å². The van der Waals surface area contributed by atoms with Gasteiger partial charge in [-0.15, -0.1) is 0 Å². The van der Waals surface area contributed by atoms with Gasteiger partial charge in [0.05, 0.1) is 12.8 Å². The first kappa shape index (κ1) is 20.2. The van der Waals surface area contributed by atoms with E-state index in [1.807, 2.05) is 41.3 Å². The Kier molecular flexibility index (Phi) is 6.18. The fourth-order valence-electron chi connectivity index (χ4n) is 3.91. The van der Waals surface area contributed by atoms with E-state index in [1.165, 1.54) is 5.56 Å². The maximum absolute atomic E-state index is 12.7. The Morgan fingerprint density at radius 3 is 2.50 bits per heavy atom. The Morgan fingerprint density at radius 2 is 1.77 bits per heavy atom. The molecule has 0 atom stereocenters. The van der Waals surface area contributed by atoms with Crippen molar-refractivity contribution in [2.45, 2.75) is 13.0 Å². The molecular formula is C23H27N3O4. The smallest absolute Gasteiger partial charge is 0.265 e. The van der Waals surface area contributed by atoms with Crippen LogP contribution in [0.2, 0.25) is 0 Å². The fraction of sp³-hybridized carbons (Fsp3) is 0.391. The zero-order valence-corrected chi connectivity index (χ0v) is 17.3. The monoisotopic (exact) mass is 409 g/mol. The van der Waals surface area contributed by atoms with E-state index in [0.717, 1.165) is 31.1 Å². The Balaban J connectivity index is 1.26. The lowest BCUT2D eigenvalue weighted by Crippen LogP contribution is -2.49. The summed E-state index contributed by atoms with van der Waals surface area (Å²) in [7, 11) is 1.67. The number of piperazine rings is 1. The first-order chi connectivity index (χ1) is 14.6. The Hall–Kier alpha value is -3.06. The SMILES string of the molecule is COc1ccc(CN2CCN(C(=O)CCN3C(=O)COc4ccccc43)CC2)cc1. The number of rotatable bonds is 6. The molecule has 2 aliphatic rings. The number of ether oxygens (including phenoxy) is 2. The van der Waals surface area contributed by atoms with Crippen LogP contribution in [-0.2, 0) is 16.1 Å². The van der Waals surface area contributed by atoms with Crippen LogP contribution in [0.1, 0.15) is 12.0 Å². The second kappa shape index (κ2) is 9.17. The topological polar surface area (TPSA) is 62.3 Å². The largest absolute Gasteiger partial charge is 0.497 e. The molecule has 7 nitrogen and oxygen atoms in total. The van der Waals surface area contributed by atoms with Crippen molar-refractivity contribution < 1.29 is 19.1 Å². The minimum Gasteiger partial charge on any atom is -0.497 e. The number of hydrogen-bond donors (Lipinski definition) is 0. The highest BCUT2D eigenvalue weighted by atomic mass is 16.5. The molecule has 0 aromatic heterocycles. The van der Waals surface area contributed by atoms with Gasteiger partial charge in [0.2, 0.25) is 5.91 Å². The van der Waals surface area contributed by atoms with Crippen LogP contribution >= 0.6 is 0 Å². The molecule has 1 fully saturated rings. The summed E-state index contributed by atoms with van der Waals surface area (Å²) in [5.74, 6) is 1.54. The number of benzene rings is 2. The summed E-state index contributed by atoms with van der Waals surface area (Å²) in [5.41, 5.74) is 1.98. The lowest BCUT2D eigenvalue weighted by atomic mass is 10.2. The molecule has 0 saturated carbocycles. The standard InChI is InChI=1S/C23H27N3O4/c1-29-19-8-6-18(7-9-19)16-24-12-14-25(15-13-24)22(27)10-11-26-20-4-2-3-5-21(20)30-17-23(26)28/h2-9H,10-17H2,1H3. The molecule has 158 valence electrons. The van der Waals surface area contributed by atoms with Crippen LogP contribution in [0.15, 0.2) is 48.5 Å². The van der Waals surface area contributed by atoms with E-state index >= 15 is 0 Å². The van der Waals surface area contributed by atoms with Crippen LogP contribution in [0.25, 0.3) is 0 Å². The molecule has 0 unspecified atom stereocenters. The zero-order chi connectivity index (χ0) is 20.9. The van der Waals surface area contributed by atoms with Gasteiger partial charge >= 0.3 is 0 Å². The third-order valence-electron chi connectivity index (χ3n) is 5.65. The summed E-state index contributed by atoms with van der Waals surface area (Å²) in [6.07, 6.45) is 0.318. The number of para-hydroxylation sites is 2. The second-order valence-electron chi connectivity index (χ2n) is 7.56. The molecule has 2 amide bonds. The van der Waals surface area contributed by atoms with Crippen molar-refractivity contribution in [3.05, 3.63) is 54.1 Å². The molecule has 0 N–H and O–H groups in total. The summed E-state index contributed by atoms with van der Waals surface area (Å²) in [6, 6.07) is 15.6. The normalized spacial score (nSPS) is 16.8. The van der Waals surface area contributed by atoms with E-state index < -0.39 is 0 Å². The van der Waals surface area contributed by atoms with Crippen LogP contribution in [0, 0.1) is 0 Å². The van der Waals surface area contributed by atoms with Crippen molar-refractivity contribution in [2.24, 2.45) is 0 Å². The van der Waals surface area contributed by atoms with Crippen LogP contribution in [-0.4, -0.2) is 68.1 Å². The molecule has 4 rings (SSSR count). The molecule has 0 radical (unpaired) electrons. The van der Waals surface area contributed by atoms with Gasteiger partial charge in [-0.25, -0.2) is 0 Å². The summed E-state index contributed by atoms with van der Waals surface area (Å²) in [6.45, 7) is 4.38. The van der Waals surface area contributed by atoms with Gasteiger partial charge in [0.1, 0.15) is 11.5 Å². The molecule has 30 heavy (non-hydrogen) atoms. The average Bonchev–Trinajstić information content (AvgIpc) is 2.79. The fourth-order valence-corrected chi connectivity index (χ4v) is 3.91. The Morgan fingerprint density at radius 1 is 1.03 bits per heavy atom. The molecule has 0 spiro atoms. The molecule has 2 aliphatic heterocycles. The number of anilines is 1. The first-order valence-electron chi connectivity index (χ1n) is 10.3. The first-order valence-corrected chi connectivity index (χ1v) is 10.3. The summed E-state index contributed by atoms with van der Waals surface area (Å²) < 4.78 is 10.7. The third kappa shape index (κ3) is 4.57. The molecule has 0 aliphatic carbocycles. The van der Waals surface area contributed by atoms with Crippen molar-refractivity contribution in [2.75, 3.05) is 51.3 Å². The van der Waals surface area contributed by atoms with Crippen LogP contribution in [0.5, 0.6) is 11.5 Å². The minimum absolute atomic E-state index is 0.0231. The van der Waals surface area contributed by atoms with E-state index in [4.69, 9.17) is 9.47 Å². The Labute approximate surface area is 176 Å². The summed E-state index contributed by atoms with van der Waals surface area (Å²) in [5, 5.41) is 0. The quantitative estimate of drug-likeness (QED) is 0.732. The van der Waals surface area contributed by atoms with E-state index in [0.29, 0.717) is 31.8 Å². The van der Waals surface area contributed by atoms with E-state index in [1.54, 1.807) is 12.0 Å². The molecule has 0 bridgehead atoms. The molecular weight excluding hydrogens is 382 g/mol. The third-order valence-corrected chi connectivity index (χ3v) is 5.65. The second-order valence-corrected chi connectivity index (χ2v) is 7.56. The number of amides is 2. The summed E-state index contributed by atoms with van der Waals surface area (Å²) in [4.78, 5) is 30.9. The van der Waals surface area contributed by atoms with Crippen molar-refractivity contribution in [1.82, 2.24) is 9.80 Å². The molecule has 2 aromatic carbocycles. The van der Waals surface area contributed by atoms with Gasteiger partial charge < -0.3 is 19.3 Å². The lowest BCUT2D eigenvalue weighted by molar-refractivity contribution is -0.132. The number of nitrogens with zero attached hydrogens (tertiary/aromatic N) is 3. The molecule has 1 saturated heterocycles. The predicted octanol–water partition coefficient (Wildman–Crippen LogP) is 2.16. The van der Waals surface area contributed by atoms with E-state index in [9.17, 15) is 9.59 Å². The number of hydrogen-bond acceptors (Lipinski definition) is 5. The predicted molar refractivity (Wildman–Crippen MR) is 114 cm³/mol. The highest BCUT2D eigenvalue weighted by molar-refractivity contribution is 5.98. The van der Waals surface area contributed by atoms with Crippen molar-refractivity contribution in [3.8, 4) is 11.5 Å². The number of carbonyl (C=O) groups excluding carboxylic acids is 2. The average molecular weight is 409 g/mol. The van der Waals surface area contributed by atoms with Gasteiger partial charge in [-0.3, -0.25) is 14.5 Å². The minimum atomic E-state index is -0.106. The molecule has 2 heterocycles. The van der Waals surface area contributed by atoms with Gasteiger partial charge in [-0.05, 0) is 29.8 Å². The van der Waals surface area contributed by atoms with Gasteiger partial charge in [0.25, 0.3) is 5.91 Å². The number of methoxy groups -OCH3 is 1. The Bertz CT molecular complexity index is 892. The van der Waals surface area contributed by atoms with E-state index in [2.05, 4.69) is 17.0 Å². The van der Waals surface area contributed by atoms with E-state index in [-0.39, 0.29) is 18.4 Å². The van der Waals surface area contributed by atoms with Gasteiger partial charge in [0, 0.05) is 45.7 Å². The van der Waals surface area contributed by atoms with Crippen LogP contribution in [0.3, 0.4) is 0 Å². The molecule has 2 aromatic rings. The van der Waals surface area contributed by atoms with Crippen LogP contribution < -0.4 is 14.4 Å². The van der Waals surface area contributed by atoms with Crippen molar-refractivity contribution in [1.29, 1.82) is 0 Å². The van der Waals surface area contributed by atoms with Gasteiger partial charge in [-0.2, -0.15) is 0 Å². The van der Waals surface area contributed by atoms with Crippen molar-refractivity contribution in [3.63, 3.8) is 0 Å². The highest BCUT2D eigenvalue weighted by Gasteiger charge is 2.27. The van der Waals surface area contributed by atoms with Gasteiger partial charge in [-0.1, -0.05) is 24.3 Å².